The number of likely N-dealkylation sites (tertiary alicyclic amines) is 1. The molecule has 6 heteroatoms. The Morgan fingerprint density at radius 3 is 2.61 bits per heavy atom. The third-order valence-electron chi connectivity index (χ3n) is 2.91. The SMILES string of the molecule is C=CCNCC(=O)NC1CCN(CC(N)=O)CC1. The van der Waals surface area contributed by atoms with Gasteiger partial charge in [0.15, 0.2) is 0 Å². The summed E-state index contributed by atoms with van der Waals surface area (Å²) in [7, 11) is 0. The predicted molar refractivity (Wildman–Crippen MR) is 69.9 cm³/mol. The molecular formula is C12H22N4O2. The smallest absolute Gasteiger partial charge is 0.234 e. The maximum absolute atomic E-state index is 11.5. The minimum atomic E-state index is -0.300. The molecule has 102 valence electrons. The van der Waals surface area contributed by atoms with E-state index >= 15 is 0 Å². The molecule has 2 amide bonds. The molecule has 0 bridgehead atoms. The maximum Gasteiger partial charge on any atom is 0.234 e. The molecule has 0 aromatic rings. The number of nitrogens with two attached hydrogens (primary N) is 1. The Bertz CT molecular complexity index is 298. The van der Waals surface area contributed by atoms with Crippen LogP contribution in [0.25, 0.3) is 0 Å². The first kappa shape index (κ1) is 14.7. The third-order valence-corrected chi connectivity index (χ3v) is 2.91. The van der Waals surface area contributed by atoms with Gasteiger partial charge in [-0.05, 0) is 12.8 Å². The Hall–Kier alpha value is -1.40. The van der Waals surface area contributed by atoms with Crippen molar-refractivity contribution in [1.29, 1.82) is 0 Å². The highest BCUT2D eigenvalue weighted by Gasteiger charge is 2.21. The lowest BCUT2D eigenvalue weighted by atomic mass is 10.1. The summed E-state index contributed by atoms with van der Waals surface area (Å²) in [5.41, 5.74) is 5.14. The van der Waals surface area contributed by atoms with Crippen molar-refractivity contribution in [2.24, 2.45) is 5.73 Å². The van der Waals surface area contributed by atoms with E-state index in [0.29, 0.717) is 19.6 Å². The molecule has 0 aromatic carbocycles. The van der Waals surface area contributed by atoms with E-state index in [0.717, 1.165) is 25.9 Å². The van der Waals surface area contributed by atoms with Crippen LogP contribution in [0.1, 0.15) is 12.8 Å². The molecule has 0 saturated carbocycles. The molecule has 18 heavy (non-hydrogen) atoms. The molecule has 1 fully saturated rings. The van der Waals surface area contributed by atoms with Gasteiger partial charge in [-0.15, -0.1) is 6.58 Å². The summed E-state index contributed by atoms with van der Waals surface area (Å²) in [6.07, 6.45) is 3.44. The Morgan fingerprint density at radius 1 is 1.39 bits per heavy atom. The predicted octanol–water partition coefficient (Wildman–Crippen LogP) is -1.17. The molecule has 6 nitrogen and oxygen atoms in total. The summed E-state index contributed by atoms with van der Waals surface area (Å²) >= 11 is 0. The van der Waals surface area contributed by atoms with E-state index in [2.05, 4.69) is 17.2 Å². The number of hydrogen-bond acceptors (Lipinski definition) is 4. The molecule has 0 spiro atoms. The van der Waals surface area contributed by atoms with Gasteiger partial charge in [0.05, 0.1) is 13.1 Å². The molecule has 0 aromatic heterocycles. The quantitative estimate of drug-likeness (QED) is 0.394. The van der Waals surface area contributed by atoms with Crippen LogP contribution in [0.15, 0.2) is 12.7 Å². The van der Waals surface area contributed by atoms with Gasteiger partial charge in [0.1, 0.15) is 0 Å². The van der Waals surface area contributed by atoms with Gasteiger partial charge < -0.3 is 16.4 Å². The fourth-order valence-electron chi connectivity index (χ4n) is 2.02. The van der Waals surface area contributed by atoms with Crippen LogP contribution in [0.3, 0.4) is 0 Å². The van der Waals surface area contributed by atoms with Crippen molar-refractivity contribution in [2.45, 2.75) is 18.9 Å². The number of carbonyl (C=O) groups excluding carboxylic acids is 2. The van der Waals surface area contributed by atoms with E-state index in [1.807, 2.05) is 4.90 Å². The molecule has 0 aliphatic carbocycles. The van der Waals surface area contributed by atoms with Crippen molar-refractivity contribution in [1.82, 2.24) is 15.5 Å². The summed E-state index contributed by atoms with van der Waals surface area (Å²) in [6.45, 7) is 6.42. The highest BCUT2D eigenvalue weighted by molar-refractivity contribution is 5.78. The standard InChI is InChI=1S/C12H22N4O2/c1-2-5-14-8-12(18)15-10-3-6-16(7-4-10)9-11(13)17/h2,10,14H,1,3-9H2,(H2,13,17)(H,15,18). The van der Waals surface area contributed by atoms with Crippen LogP contribution in [0.2, 0.25) is 0 Å². The average Bonchev–Trinajstić information content (AvgIpc) is 2.31. The number of carbonyl (C=O) groups is 2. The van der Waals surface area contributed by atoms with Crippen LogP contribution in [0, 0.1) is 0 Å². The molecule has 0 atom stereocenters. The molecule has 0 radical (unpaired) electrons. The van der Waals surface area contributed by atoms with E-state index in [1.54, 1.807) is 6.08 Å². The number of amides is 2. The largest absolute Gasteiger partial charge is 0.369 e. The van der Waals surface area contributed by atoms with E-state index in [9.17, 15) is 9.59 Å². The monoisotopic (exact) mass is 254 g/mol. The normalized spacial score (nSPS) is 17.3. The van der Waals surface area contributed by atoms with Gasteiger partial charge in [-0.3, -0.25) is 14.5 Å². The van der Waals surface area contributed by atoms with E-state index < -0.39 is 0 Å². The van der Waals surface area contributed by atoms with Crippen LogP contribution < -0.4 is 16.4 Å². The molecule has 1 aliphatic heterocycles. The van der Waals surface area contributed by atoms with Gasteiger partial charge in [0.2, 0.25) is 11.8 Å². The second kappa shape index (κ2) is 7.84. The first-order chi connectivity index (χ1) is 8.61. The number of piperidine rings is 1. The number of nitrogens with zero attached hydrogens (tertiary/aromatic N) is 1. The minimum absolute atomic E-state index is 0.00482. The Morgan fingerprint density at radius 2 is 2.06 bits per heavy atom. The fraction of sp³-hybridized carbons (Fsp3) is 0.667. The molecule has 1 aliphatic rings. The van der Waals surface area contributed by atoms with Crippen molar-refractivity contribution >= 4 is 11.8 Å². The van der Waals surface area contributed by atoms with Crippen molar-refractivity contribution in [2.75, 3.05) is 32.7 Å². The summed E-state index contributed by atoms with van der Waals surface area (Å²) < 4.78 is 0. The highest BCUT2D eigenvalue weighted by Crippen LogP contribution is 2.09. The average molecular weight is 254 g/mol. The number of hydrogen-bond donors (Lipinski definition) is 3. The van der Waals surface area contributed by atoms with E-state index in [1.165, 1.54) is 0 Å². The summed E-state index contributed by atoms with van der Waals surface area (Å²) in [4.78, 5) is 24.3. The minimum Gasteiger partial charge on any atom is -0.369 e. The van der Waals surface area contributed by atoms with Crippen LogP contribution in [-0.4, -0.2) is 55.5 Å². The van der Waals surface area contributed by atoms with Crippen LogP contribution in [0.4, 0.5) is 0 Å². The highest BCUT2D eigenvalue weighted by atomic mass is 16.2. The Labute approximate surface area is 108 Å². The zero-order valence-corrected chi connectivity index (χ0v) is 10.7. The van der Waals surface area contributed by atoms with E-state index in [-0.39, 0.29) is 17.9 Å². The molecule has 4 N–H and O–H groups in total. The fourth-order valence-corrected chi connectivity index (χ4v) is 2.02. The molecule has 0 unspecified atom stereocenters. The maximum atomic E-state index is 11.5. The van der Waals surface area contributed by atoms with Gasteiger partial charge in [-0.25, -0.2) is 0 Å². The number of nitrogens with one attached hydrogen (secondary N) is 2. The van der Waals surface area contributed by atoms with Gasteiger partial charge in [-0.2, -0.15) is 0 Å². The second-order valence-electron chi connectivity index (χ2n) is 4.50. The molecule has 1 rings (SSSR count). The lowest BCUT2D eigenvalue weighted by Crippen LogP contribution is -2.48. The Balaban J connectivity index is 2.16. The van der Waals surface area contributed by atoms with Crippen LogP contribution in [-0.2, 0) is 9.59 Å². The van der Waals surface area contributed by atoms with Gasteiger partial charge >= 0.3 is 0 Å². The van der Waals surface area contributed by atoms with Crippen molar-refractivity contribution in [3.8, 4) is 0 Å². The van der Waals surface area contributed by atoms with Gasteiger partial charge in [0.25, 0.3) is 0 Å². The summed E-state index contributed by atoms with van der Waals surface area (Å²) in [6, 6.07) is 0.201. The first-order valence-corrected chi connectivity index (χ1v) is 6.23. The number of rotatable bonds is 7. The van der Waals surface area contributed by atoms with Crippen LogP contribution in [0.5, 0.6) is 0 Å². The van der Waals surface area contributed by atoms with E-state index in [4.69, 9.17) is 5.73 Å². The van der Waals surface area contributed by atoms with Gasteiger partial charge in [0, 0.05) is 25.7 Å². The summed E-state index contributed by atoms with van der Waals surface area (Å²) in [5, 5.41) is 5.93. The van der Waals surface area contributed by atoms with Crippen molar-refractivity contribution in [3.05, 3.63) is 12.7 Å². The van der Waals surface area contributed by atoms with Crippen molar-refractivity contribution in [3.63, 3.8) is 0 Å². The summed E-state index contributed by atoms with van der Waals surface area (Å²) in [5.74, 6) is -0.295. The van der Waals surface area contributed by atoms with Gasteiger partial charge in [-0.1, -0.05) is 6.08 Å². The first-order valence-electron chi connectivity index (χ1n) is 6.23. The second-order valence-corrected chi connectivity index (χ2v) is 4.50. The molecular weight excluding hydrogens is 232 g/mol. The zero-order valence-electron chi connectivity index (χ0n) is 10.7. The zero-order chi connectivity index (χ0) is 13.4. The van der Waals surface area contributed by atoms with Crippen molar-refractivity contribution < 1.29 is 9.59 Å². The third kappa shape index (κ3) is 5.79. The lowest BCUT2D eigenvalue weighted by Gasteiger charge is -2.31. The Kier molecular flexibility index (Phi) is 6.38. The van der Waals surface area contributed by atoms with Crippen LogP contribution >= 0.6 is 0 Å². The topological polar surface area (TPSA) is 87.5 Å². The molecule has 1 heterocycles. The molecule has 1 saturated heterocycles. The lowest BCUT2D eigenvalue weighted by molar-refractivity contribution is -0.122. The number of primary amides is 1.